The van der Waals surface area contributed by atoms with Gasteiger partial charge in [-0.2, -0.15) is 0 Å². The first kappa shape index (κ1) is 35.3. The van der Waals surface area contributed by atoms with E-state index >= 15 is 0 Å². The van der Waals surface area contributed by atoms with Gasteiger partial charge in [0, 0.05) is 56.6 Å². The van der Waals surface area contributed by atoms with E-state index in [9.17, 15) is 30.0 Å². The van der Waals surface area contributed by atoms with Crippen molar-refractivity contribution in [3.05, 3.63) is 23.8 Å². The highest BCUT2D eigenvalue weighted by Crippen LogP contribution is 2.69. The third-order valence-corrected chi connectivity index (χ3v) is 15.5. The number of allylic oxidation sites excluding steroid dienone is 1. The number of aliphatic hydroxyl groups is 4. The molecule has 2 bridgehead atoms. The van der Waals surface area contributed by atoms with Crippen molar-refractivity contribution in [2.45, 2.75) is 126 Å². The summed E-state index contributed by atoms with van der Waals surface area (Å²) >= 11 is 0. The Hall–Kier alpha value is -1.70. The Morgan fingerprint density at radius 1 is 1.14 bits per heavy atom. The average molecular weight is 699 g/mol. The SMILES string of the molecule is COCCCOC1CCC2(C)C(C1)C(=O)C=C1C2CCC2(C)C(C(C)(O)C(O)C3OC4C(C3C)C3C=CC4(O)NC3C(=O)N3CC3)CCC12O. The third-order valence-electron chi connectivity index (χ3n) is 15.5. The molecule has 16 atom stereocenters. The molecule has 50 heavy (non-hydrogen) atoms. The Labute approximate surface area is 295 Å². The number of amides is 1. The lowest BCUT2D eigenvalue weighted by atomic mass is 9.46. The first-order valence-corrected chi connectivity index (χ1v) is 19.2. The molecule has 5 N–H and O–H groups in total. The molecule has 16 unspecified atom stereocenters. The van der Waals surface area contributed by atoms with Gasteiger partial charge < -0.3 is 39.5 Å². The summed E-state index contributed by atoms with van der Waals surface area (Å²) < 4.78 is 17.8. The third kappa shape index (κ3) is 4.90. The summed E-state index contributed by atoms with van der Waals surface area (Å²) in [6.07, 6.45) is 8.21. The monoisotopic (exact) mass is 698 g/mol. The number of nitrogens with one attached hydrogen (secondary N) is 1. The van der Waals surface area contributed by atoms with Crippen molar-refractivity contribution in [2.24, 2.45) is 46.3 Å². The van der Waals surface area contributed by atoms with Crippen molar-refractivity contribution < 1.29 is 44.2 Å². The number of hydrogen-bond donors (Lipinski definition) is 5. The fourth-order valence-electron chi connectivity index (χ4n) is 12.6. The zero-order valence-corrected chi connectivity index (χ0v) is 30.3. The van der Waals surface area contributed by atoms with Crippen LogP contribution in [0, 0.1) is 46.3 Å². The van der Waals surface area contributed by atoms with E-state index in [0.717, 1.165) is 44.3 Å². The lowest BCUT2D eigenvalue weighted by Crippen LogP contribution is -2.71. The number of aliphatic hydroxyl groups excluding tert-OH is 1. The molecule has 1 amide bonds. The van der Waals surface area contributed by atoms with E-state index < -0.39 is 52.6 Å². The van der Waals surface area contributed by atoms with Crippen LogP contribution in [0.25, 0.3) is 0 Å². The highest BCUT2D eigenvalue weighted by atomic mass is 16.5. The molecule has 3 saturated carbocycles. The standard InChI is InChI=1S/C39H58N2O9/c1-21-29-23-8-14-39(47,40-30(23)34(44)41-15-16-41)33(29)50-31(21)32(43)37(4,45)28-10-13-38(46)25-20-27(42)26-19-22(49-18-6-17-48-5)7-11-35(26,2)24(25)9-12-36(28,38)3/h8,14,20-24,26,28-33,40,43,45-47H,6-7,9-13,15-19H2,1-5H3. The number of hydrogen-bond acceptors (Lipinski definition) is 10. The van der Waals surface area contributed by atoms with Crippen molar-refractivity contribution in [3.63, 3.8) is 0 Å². The fourth-order valence-corrected chi connectivity index (χ4v) is 12.6. The van der Waals surface area contributed by atoms with Crippen LogP contribution in [0.3, 0.4) is 0 Å². The van der Waals surface area contributed by atoms with Gasteiger partial charge >= 0.3 is 0 Å². The number of fused-ring (bicyclic) bond motifs is 6. The zero-order chi connectivity index (χ0) is 35.6. The summed E-state index contributed by atoms with van der Waals surface area (Å²) in [4.78, 5) is 28.9. The maximum atomic E-state index is 13.9. The number of nitrogens with zero attached hydrogens (tertiary/aromatic N) is 1. The molecular weight excluding hydrogens is 640 g/mol. The molecule has 11 nitrogen and oxygen atoms in total. The molecule has 0 spiro atoms. The molecule has 3 saturated heterocycles. The molecule has 6 fully saturated rings. The van der Waals surface area contributed by atoms with E-state index in [1.807, 2.05) is 19.9 Å². The van der Waals surface area contributed by atoms with Crippen LogP contribution in [0.2, 0.25) is 0 Å². The highest BCUT2D eigenvalue weighted by Gasteiger charge is 2.71. The fraction of sp³-hybridized carbons (Fsp3) is 0.846. The first-order chi connectivity index (χ1) is 23.6. The van der Waals surface area contributed by atoms with E-state index in [0.29, 0.717) is 38.9 Å². The van der Waals surface area contributed by atoms with Gasteiger partial charge in [0.2, 0.25) is 5.91 Å². The van der Waals surface area contributed by atoms with Crippen LogP contribution in [-0.2, 0) is 23.8 Å². The molecule has 5 aliphatic carbocycles. The van der Waals surface area contributed by atoms with Gasteiger partial charge in [-0.3, -0.25) is 14.9 Å². The van der Waals surface area contributed by atoms with Crippen LogP contribution in [0.1, 0.15) is 79.1 Å². The second kappa shape index (κ2) is 11.9. The van der Waals surface area contributed by atoms with Crippen LogP contribution in [0.4, 0.5) is 0 Å². The van der Waals surface area contributed by atoms with Crippen LogP contribution in [0.5, 0.6) is 0 Å². The number of ether oxygens (including phenoxy) is 3. The minimum Gasteiger partial charge on any atom is -0.387 e. The minimum absolute atomic E-state index is 0.0248. The highest BCUT2D eigenvalue weighted by molar-refractivity contribution is 5.95. The van der Waals surface area contributed by atoms with E-state index in [1.54, 1.807) is 31.1 Å². The second-order valence-corrected chi connectivity index (χ2v) is 18.0. The summed E-state index contributed by atoms with van der Waals surface area (Å²) in [5, 5.41) is 52.2. The van der Waals surface area contributed by atoms with E-state index in [2.05, 4.69) is 12.2 Å². The number of carbonyl (C=O) groups excluding carboxylic acids is 2. The molecule has 0 aromatic heterocycles. The van der Waals surface area contributed by atoms with Gasteiger partial charge in [-0.05, 0) is 99.2 Å². The van der Waals surface area contributed by atoms with Gasteiger partial charge in [0.25, 0.3) is 0 Å². The van der Waals surface area contributed by atoms with Gasteiger partial charge in [-0.1, -0.05) is 26.8 Å². The van der Waals surface area contributed by atoms with Gasteiger partial charge in [0.05, 0.1) is 29.5 Å². The zero-order valence-electron chi connectivity index (χ0n) is 30.3. The molecule has 0 aromatic carbocycles. The first-order valence-electron chi connectivity index (χ1n) is 19.2. The topological polar surface area (TPSA) is 158 Å². The van der Waals surface area contributed by atoms with Gasteiger partial charge in [-0.25, -0.2) is 0 Å². The van der Waals surface area contributed by atoms with E-state index in [4.69, 9.17) is 14.2 Å². The number of ketones is 1. The van der Waals surface area contributed by atoms with E-state index in [-0.39, 0.29) is 52.8 Å². The minimum atomic E-state index is -1.64. The summed E-state index contributed by atoms with van der Waals surface area (Å²) in [5.74, 6) is -1.20. The Morgan fingerprint density at radius 3 is 2.62 bits per heavy atom. The predicted octanol–water partition coefficient (Wildman–Crippen LogP) is 2.10. The number of piperidine rings is 1. The number of carbonyl (C=O) groups is 2. The second-order valence-electron chi connectivity index (χ2n) is 18.0. The Balaban J connectivity index is 1.02. The Morgan fingerprint density at radius 2 is 1.90 bits per heavy atom. The summed E-state index contributed by atoms with van der Waals surface area (Å²) in [6.45, 7) is 10.6. The molecule has 9 aliphatic rings. The van der Waals surface area contributed by atoms with Crippen LogP contribution < -0.4 is 5.32 Å². The molecule has 9 rings (SSSR count). The molecule has 4 heterocycles. The van der Waals surface area contributed by atoms with Gasteiger partial charge in [0.1, 0.15) is 12.2 Å². The van der Waals surface area contributed by atoms with Crippen molar-refractivity contribution >= 4 is 11.7 Å². The van der Waals surface area contributed by atoms with E-state index in [1.165, 1.54) is 0 Å². The lowest BCUT2D eigenvalue weighted by Gasteiger charge is -2.60. The van der Waals surface area contributed by atoms with Gasteiger partial charge in [0.15, 0.2) is 11.5 Å². The quantitative estimate of drug-likeness (QED) is 0.137. The molecule has 4 aliphatic heterocycles. The maximum Gasteiger partial charge on any atom is 0.240 e. The maximum absolute atomic E-state index is 13.9. The van der Waals surface area contributed by atoms with Crippen LogP contribution in [-0.4, -0.2) is 118 Å². The molecular formula is C39H58N2O9. The molecule has 278 valence electrons. The normalized spacial score (nSPS) is 50.5. The molecule has 0 aromatic rings. The summed E-state index contributed by atoms with van der Waals surface area (Å²) in [5.41, 5.74) is -4.71. The largest absolute Gasteiger partial charge is 0.387 e. The number of rotatable bonds is 9. The lowest BCUT2D eigenvalue weighted by molar-refractivity contribution is -0.208. The molecule has 0 radical (unpaired) electrons. The van der Waals surface area contributed by atoms with Crippen molar-refractivity contribution in [1.29, 1.82) is 0 Å². The smallest absolute Gasteiger partial charge is 0.240 e. The summed E-state index contributed by atoms with van der Waals surface area (Å²) in [7, 11) is 1.68. The van der Waals surface area contributed by atoms with Crippen LogP contribution in [0.15, 0.2) is 23.8 Å². The van der Waals surface area contributed by atoms with Gasteiger partial charge in [-0.15, -0.1) is 0 Å². The van der Waals surface area contributed by atoms with Crippen LogP contribution >= 0.6 is 0 Å². The summed E-state index contributed by atoms with van der Waals surface area (Å²) in [6, 6.07) is -0.563. The Bertz CT molecular complexity index is 1460. The number of methoxy groups -OCH3 is 1. The van der Waals surface area contributed by atoms with Crippen molar-refractivity contribution in [2.75, 3.05) is 33.4 Å². The molecule has 11 heteroatoms. The Kier molecular flexibility index (Phi) is 8.41. The predicted molar refractivity (Wildman–Crippen MR) is 182 cm³/mol. The average Bonchev–Trinajstić information content (AvgIpc) is 3.80. The van der Waals surface area contributed by atoms with Crippen molar-refractivity contribution in [1.82, 2.24) is 10.2 Å². The van der Waals surface area contributed by atoms with Crippen molar-refractivity contribution in [3.8, 4) is 0 Å².